The lowest BCUT2D eigenvalue weighted by Crippen LogP contribution is -2.35. The van der Waals surface area contributed by atoms with Gasteiger partial charge in [0.05, 0.1) is 10.0 Å². The van der Waals surface area contributed by atoms with E-state index in [2.05, 4.69) is 32.2 Å². The van der Waals surface area contributed by atoms with Crippen LogP contribution in [0.2, 0.25) is 10.0 Å². The maximum absolute atomic E-state index is 13.9. The number of aryl methyl sites for hydroxylation is 2. The quantitative estimate of drug-likeness (QED) is 0.223. The van der Waals surface area contributed by atoms with Crippen molar-refractivity contribution in [2.45, 2.75) is 47.0 Å². The summed E-state index contributed by atoms with van der Waals surface area (Å²) in [5.41, 5.74) is 2.43. The highest BCUT2D eigenvalue weighted by Crippen LogP contribution is 2.42. The molecule has 43 heavy (non-hydrogen) atoms. The highest BCUT2D eigenvalue weighted by molar-refractivity contribution is 6.34. The van der Waals surface area contributed by atoms with Gasteiger partial charge in [0.1, 0.15) is 40.2 Å². The Balaban J connectivity index is 1.51. The molecule has 0 heterocycles. The number of urea groups is 1. The largest absolute Gasteiger partial charge is 0.457 e. The van der Waals surface area contributed by atoms with Gasteiger partial charge in [0.25, 0.3) is 5.91 Å². The van der Waals surface area contributed by atoms with Gasteiger partial charge in [0.2, 0.25) is 0 Å². The van der Waals surface area contributed by atoms with Crippen LogP contribution >= 0.6 is 23.2 Å². The molecule has 0 aromatic heterocycles. The SMILES string of the molecule is Cc1ccc(Oc2ccc(Oc3c(C)cc(NC(=O)NC(=O)c4c(F)cccc4F)c(C)c3Cl)c(Cl)c2)c(C(C)(C)C)c1. The van der Waals surface area contributed by atoms with Crippen LogP contribution in [0.4, 0.5) is 19.3 Å². The normalized spacial score (nSPS) is 11.2. The summed E-state index contributed by atoms with van der Waals surface area (Å²) in [5, 5.41) is 4.88. The minimum absolute atomic E-state index is 0.130. The predicted octanol–water partition coefficient (Wildman–Crippen LogP) is 10.0. The Bertz CT molecular complexity index is 1720. The monoisotopic (exact) mass is 626 g/mol. The van der Waals surface area contributed by atoms with Crippen LogP contribution in [0.15, 0.2) is 60.7 Å². The molecule has 3 amide bonds. The molecular formula is C33H30Cl2F2N2O4. The van der Waals surface area contributed by atoms with Crippen LogP contribution in [0.25, 0.3) is 0 Å². The fourth-order valence-electron chi connectivity index (χ4n) is 4.32. The van der Waals surface area contributed by atoms with E-state index in [1.807, 2.05) is 24.4 Å². The van der Waals surface area contributed by atoms with Crippen molar-refractivity contribution in [1.82, 2.24) is 5.32 Å². The van der Waals surface area contributed by atoms with Gasteiger partial charge in [-0.3, -0.25) is 10.1 Å². The molecule has 4 aromatic carbocycles. The zero-order chi connectivity index (χ0) is 31.6. The molecule has 2 N–H and O–H groups in total. The number of halogens is 4. The van der Waals surface area contributed by atoms with Crippen LogP contribution in [0.5, 0.6) is 23.0 Å². The molecule has 0 unspecified atom stereocenters. The van der Waals surface area contributed by atoms with Crippen molar-refractivity contribution in [3.8, 4) is 23.0 Å². The van der Waals surface area contributed by atoms with Crippen molar-refractivity contribution >= 4 is 40.8 Å². The number of carbonyl (C=O) groups excluding carboxylic acids is 2. The van der Waals surface area contributed by atoms with E-state index in [1.165, 1.54) is 0 Å². The number of hydrogen-bond donors (Lipinski definition) is 2. The molecule has 0 saturated carbocycles. The second-order valence-electron chi connectivity index (χ2n) is 11.1. The van der Waals surface area contributed by atoms with Crippen LogP contribution in [0, 0.1) is 32.4 Å². The Morgan fingerprint density at radius 3 is 2.12 bits per heavy atom. The molecule has 0 saturated heterocycles. The van der Waals surface area contributed by atoms with E-state index >= 15 is 0 Å². The van der Waals surface area contributed by atoms with Crippen molar-refractivity contribution in [2.24, 2.45) is 0 Å². The number of imide groups is 1. The molecular weight excluding hydrogens is 597 g/mol. The molecule has 0 aliphatic rings. The molecule has 0 atom stereocenters. The number of nitrogens with one attached hydrogen (secondary N) is 2. The highest BCUT2D eigenvalue weighted by Gasteiger charge is 2.22. The third-order valence-corrected chi connectivity index (χ3v) is 7.35. The van der Waals surface area contributed by atoms with E-state index in [-0.39, 0.29) is 21.1 Å². The fourth-order valence-corrected chi connectivity index (χ4v) is 4.82. The van der Waals surface area contributed by atoms with Crippen LogP contribution in [-0.4, -0.2) is 11.9 Å². The Morgan fingerprint density at radius 1 is 0.837 bits per heavy atom. The summed E-state index contributed by atoms with van der Waals surface area (Å²) >= 11 is 13.2. The number of hydrogen-bond acceptors (Lipinski definition) is 4. The smallest absolute Gasteiger partial charge is 0.326 e. The minimum Gasteiger partial charge on any atom is -0.457 e. The van der Waals surface area contributed by atoms with Crippen molar-refractivity contribution in [2.75, 3.05) is 5.32 Å². The van der Waals surface area contributed by atoms with Gasteiger partial charge in [0.15, 0.2) is 0 Å². The zero-order valence-corrected chi connectivity index (χ0v) is 25.9. The molecule has 6 nitrogen and oxygen atoms in total. The van der Waals surface area contributed by atoms with Crippen LogP contribution in [0.1, 0.15) is 53.4 Å². The molecule has 4 aromatic rings. The van der Waals surface area contributed by atoms with E-state index in [1.54, 1.807) is 38.1 Å². The van der Waals surface area contributed by atoms with Crippen LogP contribution in [0.3, 0.4) is 0 Å². The van der Waals surface area contributed by atoms with Gasteiger partial charge in [-0.2, -0.15) is 0 Å². The lowest BCUT2D eigenvalue weighted by atomic mass is 9.85. The van der Waals surface area contributed by atoms with Gasteiger partial charge < -0.3 is 14.8 Å². The topological polar surface area (TPSA) is 76.7 Å². The van der Waals surface area contributed by atoms with Gasteiger partial charge in [0, 0.05) is 17.3 Å². The number of ether oxygens (including phenoxy) is 2. The number of carbonyl (C=O) groups is 2. The number of benzene rings is 4. The third-order valence-electron chi connectivity index (χ3n) is 6.60. The average Bonchev–Trinajstić information content (AvgIpc) is 2.91. The summed E-state index contributed by atoms with van der Waals surface area (Å²) in [5.74, 6) is -1.53. The highest BCUT2D eigenvalue weighted by atomic mass is 35.5. The first kappa shape index (κ1) is 31.8. The Morgan fingerprint density at radius 2 is 1.49 bits per heavy atom. The number of amides is 3. The summed E-state index contributed by atoms with van der Waals surface area (Å²) in [6.45, 7) is 11.7. The second kappa shape index (κ2) is 12.6. The lowest BCUT2D eigenvalue weighted by molar-refractivity contribution is 0.0959. The molecule has 10 heteroatoms. The maximum Gasteiger partial charge on any atom is 0.326 e. The van der Waals surface area contributed by atoms with E-state index in [9.17, 15) is 18.4 Å². The standard InChI is InChI=1S/C33H30Cl2F2N2O4/c1-17-10-12-26(21(14-17)33(4,5)6)42-20-11-13-27(22(34)16-20)43-30-18(2)15-25(19(3)29(30)35)38-32(41)39-31(40)28-23(36)8-7-9-24(28)37/h7-16H,1-6H3,(H2,38,39,40,41). The van der Waals surface area contributed by atoms with E-state index in [4.69, 9.17) is 32.7 Å². The molecule has 0 bridgehead atoms. The first-order valence-corrected chi connectivity index (χ1v) is 14.0. The van der Waals surface area contributed by atoms with Crippen molar-refractivity contribution < 1.29 is 27.8 Å². The summed E-state index contributed by atoms with van der Waals surface area (Å²) < 4.78 is 40.1. The summed E-state index contributed by atoms with van der Waals surface area (Å²) in [4.78, 5) is 24.8. The molecule has 0 spiro atoms. The van der Waals surface area contributed by atoms with Gasteiger partial charge in [-0.1, -0.05) is 67.7 Å². The van der Waals surface area contributed by atoms with Crippen LogP contribution < -0.4 is 20.1 Å². The Labute approximate surface area is 258 Å². The number of anilines is 1. The fraction of sp³-hybridized carbons (Fsp3) is 0.212. The molecule has 224 valence electrons. The molecule has 0 aliphatic heterocycles. The third kappa shape index (κ3) is 7.27. The molecule has 0 radical (unpaired) electrons. The summed E-state index contributed by atoms with van der Waals surface area (Å²) in [6.07, 6.45) is 0. The van der Waals surface area contributed by atoms with Crippen molar-refractivity contribution in [3.63, 3.8) is 0 Å². The summed E-state index contributed by atoms with van der Waals surface area (Å²) in [7, 11) is 0. The zero-order valence-electron chi connectivity index (χ0n) is 24.4. The lowest BCUT2D eigenvalue weighted by Gasteiger charge is -2.23. The predicted molar refractivity (Wildman–Crippen MR) is 165 cm³/mol. The summed E-state index contributed by atoms with van der Waals surface area (Å²) in [6, 6.07) is 14.6. The van der Waals surface area contributed by atoms with E-state index < -0.39 is 29.1 Å². The molecule has 4 rings (SSSR count). The Hall–Kier alpha value is -4.14. The van der Waals surface area contributed by atoms with Gasteiger partial charge in [-0.25, -0.2) is 13.6 Å². The van der Waals surface area contributed by atoms with Gasteiger partial charge >= 0.3 is 6.03 Å². The van der Waals surface area contributed by atoms with Crippen LogP contribution in [-0.2, 0) is 5.41 Å². The van der Waals surface area contributed by atoms with E-state index in [0.717, 1.165) is 35.1 Å². The van der Waals surface area contributed by atoms with Gasteiger partial charge in [-0.15, -0.1) is 0 Å². The van der Waals surface area contributed by atoms with Crippen molar-refractivity contribution in [3.05, 3.63) is 110 Å². The first-order valence-electron chi connectivity index (χ1n) is 13.3. The second-order valence-corrected chi connectivity index (χ2v) is 11.8. The van der Waals surface area contributed by atoms with E-state index in [0.29, 0.717) is 28.4 Å². The minimum atomic E-state index is -1.23. The average molecular weight is 628 g/mol. The maximum atomic E-state index is 13.9. The van der Waals surface area contributed by atoms with Crippen molar-refractivity contribution in [1.29, 1.82) is 0 Å². The number of rotatable bonds is 6. The molecule has 0 fully saturated rings. The first-order chi connectivity index (χ1) is 20.1. The molecule has 0 aliphatic carbocycles. The van der Waals surface area contributed by atoms with Gasteiger partial charge in [-0.05, 0) is 73.7 Å². The Kier molecular flexibility index (Phi) is 9.32.